The second-order valence-electron chi connectivity index (χ2n) is 3.98. The quantitative estimate of drug-likeness (QED) is 0.757. The highest BCUT2D eigenvalue weighted by molar-refractivity contribution is 8.39. The van der Waals surface area contributed by atoms with Gasteiger partial charge in [-0.1, -0.05) is 29.6 Å². The number of fused-ring (bicyclic) bond motifs is 1. The maximum atomic E-state index is 13.2. The van der Waals surface area contributed by atoms with Gasteiger partial charge < -0.3 is 0 Å². The van der Waals surface area contributed by atoms with Crippen LogP contribution in [-0.2, 0) is 6.42 Å². The van der Waals surface area contributed by atoms with E-state index in [1.165, 1.54) is 15.5 Å². The standard InChI is InChI=1S/C12H12FNS2/c13-9-3-1-8-2-4-11(10(8)7-9)16-12-14-5-6-15-12/h1,3,7,11H,2,4-6H2. The molecule has 16 heavy (non-hydrogen) atoms. The first-order valence-corrected chi connectivity index (χ1v) is 7.32. The molecule has 1 aromatic carbocycles. The summed E-state index contributed by atoms with van der Waals surface area (Å²) in [4.78, 5) is 4.44. The zero-order valence-corrected chi connectivity index (χ0v) is 10.4. The fourth-order valence-corrected chi connectivity index (χ4v) is 4.57. The summed E-state index contributed by atoms with van der Waals surface area (Å²) in [5.74, 6) is 0.984. The molecule has 1 nitrogen and oxygen atoms in total. The molecule has 0 amide bonds. The summed E-state index contributed by atoms with van der Waals surface area (Å²) < 4.78 is 14.4. The van der Waals surface area contributed by atoms with E-state index in [0.717, 1.165) is 25.1 Å². The van der Waals surface area contributed by atoms with Crippen molar-refractivity contribution in [2.24, 2.45) is 4.99 Å². The molecule has 84 valence electrons. The van der Waals surface area contributed by atoms with Crippen LogP contribution in [0.15, 0.2) is 23.2 Å². The Bertz CT molecular complexity index is 445. The van der Waals surface area contributed by atoms with Crippen molar-refractivity contribution in [3.05, 3.63) is 35.1 Å². The predicted molar refractivity (Wildman–Crippen MR) is 69.8 cm³/mol. The van der Waals surface area contributed by atoms with E-state index in [2.05, 4.69) is 4.99 Å². The van der Waals surface area contributed by atoms with Crippen LogP contribution in [0.1, 0.15) is 22.8 Å². The molecule has 1 aliphatic carbocycles. The third-order valence-electron chi connectivity index (χ3n) is 2.93. The second-order valence-corrected chi connectivity index (χ2v) is 6.52. The van der Waals surface area contributed by atoms with E-state index in [1.54, 1.807) is 12.1 Å². The number of rotatable bonds is 1. The fourth-order valence-electron chi connectivity index (χ4n) is 2.17. The molecule has 0 bridgehead atoms. The molecule has 0 N–H and O–H groups in total. The van der Waals surface area contributed by atoms with Crippen molar-refractivity contribution in [3.8, 4) is 0 Å². The van der Waals surface area contributed by atoms with Crippen LogP contribution in [0.5, 0.6) is 0 Å². The summed E-state index contributed by atoms with van der Waals surface area (Å²) in [7, 11) is 0. The minimum absolute atomic E-state index is 0.118. The van der Waals surface area contributed by atoms with E-state index in [1.807, 2.05) is 29.6 Å². The Morgan fingerprint density at radius 2 is 2.38 bits per heavy atom. The predicted octanol–water partition coefficient (Wildman–Crippen LogP) is 3.65. The SMILES string of the molecule is Fc1ccc2c(c1)C(SC1=NCCS1)CC2. The number of thioether (sulfide) groups is 2. The number of aliphatic imine (C=N–C) groups is 1. The third-order valence-corrected chi connectivity index (χ3v) is 5.44. The van der Waals surface area contributed by atoms with Crippen LogP contribution in [0.2, 0.25) is 0 Å². The lowest BCUT2D eigenvalue weighted by Crippen LogP contribution is -1.92. The molecule has 2 aliphatic rings. The topological polar surface area (TPSA) is 12.4 Å². The number of benzene rings is 1. The fraction of sp³-hybridized carbons (Fsp3) is 0.417. The van der Waals surface area contributed by atoms with Gasteiger partial charge in [-0.2, -0.15) is 0 Å². The van der Waals surface area contributed by atoms with Crippen LogP contribution in [0.3, 0.4) is 0 Å². The zero-order valence-electron chi connectivity index (χ0n) is 8.78. The van der Waals surface area contributed by atoms with Crippen LogP contribution in [0, 0.1) is 5.82 Å². The van der Waals surface area contributed by atoms with Gasteiger partial charge >= 0.3 is 0 Å². The van der Waals surface area contributed by atoms with E-state index in [-0.39, 0.29) is 5.82 Å². The Balaban J connectivity index is 1.82. The lowest BCUT2D eigenvalue weighted by molar-refractivity contribution is 0.625. The van der Waals surface area contributed by atoms with Crippen LogP contribution < -0.4 is 0 Å². The van der Waals surface area contributed by atoms with Gasteiger partial charge in [0.05, 0.1) is 6.54 Å². The van der Waals surface area contributed by atoms with E-state index in [4.69, 9.17) is 0 Å². The van der Waals surface area contributed by atoms with Crippen molar-refractivity contribution >= 4 is 27.9 Å². The van der Waals surface area contributed by atoms with Crippen molar-refractivity contribution in [1.82, 2.24) is 0 Å². The molecule has 1 aliphatic heterocycles. The van der Waals surface area contributed by atoms with Gasteiger partial charge in [-0.3, -0.25) is 4.99 Å². The van der Waals surface area contributed by atoms with Gasteiger partial charge in [-0.05, 0) is 36.1 Å². The molecule has 0 aromatic heterocycles. The molecular weight excluding hydrogens is 241 g/mol. The number of halogens is 1. The van der Waals surface area contributed by atoms with Crippen LogP contribution in [0.25, 0.3) is 0 Å². The lowest BCUT2D eigenvalue weighted by atomic mass is 10.1. The van der Waals surface area contributed by atoms with Crippen LogP contribution >= 0.6 is 23.5 Å². The van der Waals surface area contributed by atoms with Crippen molar-refractivity contribution in [2.75, 3.05) is 12.3 Å². The molecule has 0 fully saturated rings. The summed E-state index contributed by atoms with van der Waals surface area (Å²) in [6.07, 6.45) is 2.19. The Labute approximate surface area is 103 Å². The Hall–Kier alpha value is -0.480. The van der Waals surface area contributed by atoms with Crippen LogP contribution in [0.4, 0.5) is 4.39 Å². The molecule has 0 spiro atoms. The van der Waals surface area contributed by atoms with Gasteiger partial charge in [0.2, 0.25) is 0 Å². The second kappa shape index (κ2) is 4.41. The average Bonchev–Trinajstić information content (AvgIpc) is 2.90. The molecule has 1 aromatic rings. The van der Waals surface area contributed by atoms with E-state index >= 15 is 0 Å². The number of aryl methyl sites for hydroxylation is 1. The van der Waals surface area contributed by atoms with Gasteiger partial charge in [0, 0.05) is 11.0 Å². The summed E-state index contributed by atoms with van der Waals surface area (Å²) in [6.45, 7) is 0.940. The first-order chi connectivity index (χ1) is 7.83. The highest BCUT2D eigenvalue weighted by Gasteiger charge is 2.25. The highest BCUT2D eigenvalue weighted by Crippen LogP contribution is 2.44. The summed E-state index contributed by atoms with van der Waals surface area (Å²) >= 11 is 3.64. The number of hydrogen-bond acceptors (Lipinski definition) is 3. The lowest BCUT2D eigenvalue weighted by Gasteiger charge is -2.10. The van der Waals surface area contributed by atoms with Crippen molar-refractivity contribution < 1.29 is 4.39 Å². The van der Waals surface area contributed by atoms with E-state index in [0.29, 0.717) is 5.25 Å². The number of nitrogens with zero attached hydrogens (tertiary/aromatic N) is 1. The molecule has 0 radical (unpaired) electrons. The molecule has 3 rings (SSSR count). The average molecular weight is 253 g/mol. The third kappa shape index (κ3) is 2.00. The van der Waals surface area contributed by atoms with Gasteiger partial charge in [0.15, 0.2) is 0 Å². The number of hydrogen-bond donors (Lipinski definition) is 0. The van der Waals surface area contributed by atoms with Gasteiger partial charge in [0.25, 0.3) is 0 Å². The molecule has 1 unspecified atom stereocenters. The molecule has 0 saturated carbocycles. The zero-order chi connectivity index (χ0) is 11.0. The van der Waals surface area contributed by atoms with Gasteiger partial charge in [0.1, 0.15) is 10.2 Å². The Morgan fingerprint density at radius 3 is 3.19 bits per heavy atom. The van der Waals surface area contributed by atoms with Gasteiger partial charge in [-0.25, -0.2) is 4.39 Å². The smallest absolute Gasteiger partial charge is 0.125 e. The normalized spacial score (nSPS) is 23.3. The maximum Gasteiger partial charge on any atom is 0.125 e. The monoisotopic (exact) mass is 253 g/mol. The minimum atomic E-state index is -0.118. The van der Waals surface area contributed by atoms with Crippen molar-refractivity contribution in [3.63, 3.8) is 0 Å². The Morgan fingerprint density at radius 1 is 1.44 bits per heavy atom. The molecule has 1 heterocycles. The molecular formula is C12H12FNS2. The molecule has 0 saturated heterocycles. The summed E-state index contributed by atoms with van der Waals surface area (Å²) in [5.41, 5.74) is 2.49. The summed E-state index contributed by atoms with van der Waals surface area (Å²) in [6, 6.07) is 5.18. The first kappa shape index (κ1) is 10.7. The van der Waals surface area contributed by atoms with Gasteiger partial charge in [-0.15, -0.1) is 0 Å². The molecule has 1 atom stereocenters. The molecule has 4 heteroatoms. The largest absolute Gasteiger partial charge is 0.271 e. The summed E-state index contributed by atoms with van der Waals surface area (Å²) in [5, 5.41) is 0.412. The Kier molecular flexibility index (Phi) is 2.94. The highest BCUT2D eigenvalue weighted by atomic mass is 32.2. The van der Waals surface area contributed by atoms with E-state index in [9.17, 15) is 4.39 Å². The minimum Gasteiger partial charge on any atom is -0.271 e. The van der Waals surface area contributed by atoms with E-state index < -0.39 is 0 Å². The first-order valence-electron chi connectivity index (χ1n) is 5.45. The van der Waals surface area contributed by atoms with Crippen molar-refractivity contribution in [1.29, 1.82) is 0 Å². The van der Waals surface area contributed by atoms with Crippen LogP contribution in [-0.4, -0.2) is 16.7 Å². The van der Waals surface area contributed by atoms with Crippen molar-refractivity contribution in [2.45, 2.75) is 18.1 Å². The maximum absolute atomic E-state index is 13.2.